The van der Waals surface area contributed by atoms with Gasteiger partial charge in [-0.2, -0.15) is 0 Å². The number of amides is 2. The van der Waals surface area contributed by atoms with Crippen LogP contribution in [0.1, 0.15) is 52.5 Å². The van der Waals surface area contributed by atoms with Crippen LogP contribution < -0.4 is 9.62 Å². The van der Waals surface area contributed by atoms with Crippen molar-refractivity contribution in [3.05, 3.63) is 65.2 Å². The Morgan fingerprint density at radius 1 is 1.00 bits per heavy atom. The molecule has 1 atom stereocenters. The molecule has 0 bridgehead atoms. The van der Waals surface area contributed by atoms with E-state index < -0.39 is 21.6 Å². The first kappa shape index (κ1) is 29.6. The molecule has 0 heterocycles. The lowest BCUT2D eigenvalue weighted by atomic mass is 10.0. The van der Waals surface area contributed by atoms with Gasteiger partial charge in [-0.25, -0.2) is 8.42 Å². The van der Waals surface area contributed by atoms with Gasteiger partial charge in [0.2, 0.25) is 21.8 Å². The number of benzene rings is 2. The van der Waals surface area contributed by atoms with Crippen molar-refractivity contribution in [1.29, 1.82) is 0 Å². The van der Waals surface area contributed by atoms with Crippen LogP contribution in [0.3, 0.4) is 0 Å². The number of carbonyl (C=O) groups excluding carboxylic acids is 2. The molecular formula is C27H38ClN3O4S. The molecule has 7 nitrogen and oxygen atoms in total. The quantitative estimate of drug-likeness (QED) is 0.428. The summed E-state index contributed by atoms with van der Waals surface area (Å²) in [5, 5.41) is 3.50. The van der Waals surface area contributed by atoms with E-state index in [1.54, 1.807) is 29.2 Å². The zero-order valence-electron chi connectivity index (χ0n) is 21.8. The van der Waals surface area contributed by atoms with E-state index >= 15 is 0 Å². The number of nitrogens with one attached hydrogen (secondary N) is 1. The Kier molecular flexibility index (Phi) is 10.8. The number of anilines is 1. The van der Waals surface area contributed by atoms with E-state index in [0.717, 1.165) is 11.8 Å². The first-order valence-electron chi connectivity index (χ1n) is 12.2. The van der Waals surface area contributed by atoms with Gasteiger partial charge in [-0.3, -0.25) is 13.9 Å². The third-order valence-corrected chi connectivity index (χ3v) is 7.08. The van der Waals surface area contributed by atoms with Crippen molar-refractivity contribution in [3.8, 4) is 0 Å². The van der Waals surface area contributed by atoms with Crippen LogP contribution in [0.25, 0.3) is 0 Å². The Balaban J connectivity index is 2.17. The summed E-state index contributed by atoms with van der Waals surface area (Å²) in [5.74, 6) is -0.364. The fourth-order valence-corrected chi connectivity index (χ4v) is 5.05. The summed E-state index contributed by atoms with van der Waals surface area (Å²) in [5.41, 5.74) is 1.14. The maximum atomic E-state index is 13.4. The molecule has 1 N–H and O–H groups in total. The molecule has 9 heteroatoms. The smallest absolute Gasteiger partial charge is 0.243 e. The van der Waals surface area contributed by atoms with E-state index in [1.165, 1.54) is 4.31 Å². The maximum Gasteiger partial charge on any atom is 0.243 e. The molecule has 2 aromatic carbocycles. The molecule has 36 heavy (non-hydrogen) atoms. The number of hydrogen-bond donors (Lipinski definition) is 1. The van der Waals surface area contributed by atoms with Crippen molar-refractivity contribution in [2.45, 2.75) is 65.0 Å². The van der Waals surface area contributed by atoms with Gasteiger partial charge in [0, 0.05) is 30.1 Å². The largest absolute Gasteiger partial charge is 0.350 e. The number of carbonyl (C=O) groups is 2. The monoisotopic (exact) mass is 535 g/mol. The lowest BCUT2D eigenvalue weighted by Crippen LogP contribution is -2.54. The van der Waals surface area contributed by atoms with Crippen molar-refractivity contribution in [3.63, 3.8) is 0 Å². The first-order chi connectivity index (χ1) is 16.8. The standard InChI is InChI=1S/C27H38ClN3O4S/c1-6-24(26(33)29-27(2,3)4)30(20-18-21-11-8-7-9-12-21)25(32)13-10-19-31(36(5,34)35)23-16-14-22(28)15-17-23/h7-9,11-12,14-17,24H,6,10,13,18-20H2,1-5H3,(H,29,33)/t24-/m0/s1. The fourth-order valence-electron chi connectivity index (χ4n) is 3.96. The number of halogens is 1. The van der Waals surface area contributed by atoms with E-state index in [1.807, 2.05) is 58.0 Å². The van der Waals surface area contributed by atoms with Crippen LogP contribution in [0.4, 0.5) is 5.69 Å². The highest BCUT2D eigenvalue weighted by Gasteiger charge is 2.30. The van der Waals surface area contributed by atoms with Gasteiger partial charge in [0.1, 0.15) is 6.04 Å². The van der Waals surface area contributed by atoms with Gasteiger partial charge in [0.25, 0.3) is 0 Å². The lowest BCUT2D eigenvalue weighted by Gasteiger charge is -2.33. The summed E-state index contributed by atoms with van der Waals surface area (Å²) < 4.78 is 26.1. The van der Waals surface area contributed by atoms with E-state index in [4.69, 9.17) is 11.6 Å². The van der Waals surface area contributed by atoms with E-state index in [0.29, 0.717) is 36.5 Å². The van der Waals surface area contributed by atoms with Gasteiger partial charge < -0.3 is 10.2 Å². The van der Waals surface area contributed by atoms with Crippen molar-refractivity contribution < 1.29 is 18.0 Å². The summed E-state index contributed by atoms with van der Waals surface area (Å²) in [6.07, 6.45) is 2.66. The van der Waals surface area contributed by atoms with Gasteiger partial charge in [-0.05, 0) is 69.9 Å². The molecule has 0 saturated heterocycles. The van der Waals surface area contributed by atoms with Crippen molar-refractivity contribution in [2.75, 3.05) is 23.7 Å². The molecule has 0 aliphatic rings. The zero-order valence-corrected chi connectivity index (χ0v) is 23.4. The molecular weight excluding hydrogens is 498 g/mol. The zero-order chi connectivity index (χ0) is 26.9. The molecule has 2 rings (SSSR count). The van der Waals surface area contributed by atoms with Crippen LogP contribution in [0.5, 0.6) is 0 Å². The number of hydrogen-bond acceptors (Lipinski definition) is 4. The molecule has 0 aliphatic carbocycles. The molecule has 0 fully saturated rings. The Labute approximate surface area is 220 Å². The number of nitrogens with zero attached hydrogens (tertiary/aromatic N) is 2. The van der Waals surface area contributed by atoms with Crippen molar-refractivity contribution in [2.24, 2.45) is 0 Å². The van der Waals surface area contributed by atoms with Crippen LogP contribution in [-0.4, -0.2) is 56.1 Å². The Morgan fingerprint density at radius 3 is 2.14 bits per heavy atom. The van der Waals surface area contributed by atoms with Crippen LogP contribution in [0, 0.1) is 0 Å². The average Bonchev–Trinajstić information content (AvgIpc) is 2.78. The van der Waals surface area contributed by atoms with Crippen LogP contribution in [0.15, 0.2) is 54.6 Å². The Bertz CT molecular complexity index is 1100. The lowest BCUT2D eigenvalue weighted by molar-refractivity contribution is -0.141. The normalized spacial score (nSPS) is 12.6. The molecule has 0 radical (unpaired) electrons. The second-order valence-electron chi connectivity index (χ2n) is 9.90. The van der Waals surface area contributed by atoms with Crippen LogP contribution >= 0.6 is 11.6 Å². The molecule has 0 spiro atoms. The molecule has 2 aromatic rings. The van der Waals surface area contributed by atoms with Gasteiger partial charge in [-0.15, -0.1) is 0 Å². The van der Waals surface area contributed by atoms with E-state index in [9.17, 15) is 18.0 Å². The highest BCUT2D eigenvalue weighted by molar-refractivity contribution is 7.92. The fraction of sp³-hybridized carbons (Fsp3) is 0.481. The minimum absolute atomic E-state index is 0.119. The predicted molar refractivity (Wildman–Crippen MR) is 147 cm³/mol. The topological polar surface area (TPSA) is 86.8 Å². The minimum Gasteiger partial charge on any atom is -0.350 e. The summed E-state index contributed by atoms with van der Waals surface area (Å²) in [6, 6.07) is 15.8. The summed E-state index contributed by atoms with van der Waals surface area (Å²) in [6.45, 7) is 8.15. The molecule has 0 aromatic heterocycles. The van der Waals surface area contributed by atoms with Gasteiger partial charge in [-0.1, -0.05) is 48.9 Å². The predicted octanol–water partition coefficient (Wildman–Crippen LogP) is 4.65. The number of sulfonamides is 1. The maximum absolute atomic E-state index is 13.4. The van der Waals surface area contributed by atoms with Gasteiger partial charge in [0.15, 0.2) is 0 Å². The van der Waals surface area contributed by atoms with E-state index in [-0.39, 0.29) is 24.8 Å². The highest BCUT2D eigenvalue weighted by atomic mass is 35.5. The SMILES string of the molecule is CC[C@@H](C(=O)NC(C)(C)C)N(CCc1ccccc1)C(=O)CCCN(c1ccc(Cl)cc1)S(C)(=O)=O. The molecule has 0 unspecified atom stereocenters. The summed E-state index contributed by atoms with van der Waals surface area (Å²) >= 11 is 5.94. The first-order valence-corrected chi connectivity index (χ1v) is 14.4. The molecule has 0 saturated carbocycles. The highest BCUT2D eigenvalue weighted by Crippen LogP contribution is 2.21. The second kappa shape index (κ2) is 13.1. The molecule has 0 aliphatic heterocycles. The molecule has 198 valence electrons. The second-order valence-corrected chi connectivity index (χ2v) is 12.2. The van der Waals surface area contributed by atoms with E-state index in [2.05, 4.69) is 5.32 Å². The minimum atomic E-state index is -3.55. The van der Waals surface area contributed by atoms with Crippen molar-refractivity contribution >= 4 is 39.1 Å². The third-order valence-electron chi connectivity index (χ3n) is 5.64. The Hall–Kier alpha value is -2.58. The summed E-state index contributed by atoms with van der Waals surface area (Å²) in [7, 11) is -3.55. The third kappa shape index (κ3) is 9.47. The van der Waals surface area contributed by atoms with Gasteiger partial charge >= 0.3 is 0 Å². The summed E-state index contributed by atoms with van der Waals surface area (Å²) in [4.78, 5) is 28.1. The van der Waals surface area contributed by atoms with Gasteiger partial charge in [0.05, 0.1) is 11.9 Å². The van der Waals surface area contributed by atoms with Crippen LogP contribution in [0.2, 0.25) is 5.02 Å². The average molecular weight is 536 g/mol. The Morgan fingerprint density at radius 2 is 1.61 bits per heavy atom. The molecule has 2 amide bonds. The van der Waals surface area contributed by atoms with Crippen molar-refractivity contribution in [1.82, 2.24) is 10.2 Å². The number of rotatable bonds is 12. The van der Waals surface area contributed by atoms with Crippen LogP contribution in [-0.2, 0) is 26.0 Å².